The lowest BCUT2D eigenvalue weighted by molar-refractivity contribution is -0.145. The van der Waals surface area contributed by atoms with E-state index >= 15 is 0 Å². The van der Waals surface area contributed by atoms with Crippen LogP contribution in [0.1, 0.15) is 37.7 Å². The average molecular weight is 316 g/mol. The SMILES string of the molecule is Cc1ccc(N2CCCC3(CCCN3C(=O)CCO)C2=O)cc1. The van der Waals surface area contributed by atoms with Crippen LogP contribution in [0.15, 0.2) is 24.3 Å². The zero-order valence-electron chi connectivity index (χ0n) is 13.6. The second-order valence-electron chi connectivity index (χ2n) is 6.55. The zero-order chi connectivity index (χ0) is 16.4. The number of hydrogen-bond acceptors (Lipinski definition) is 3. The Bertz CT molecular complexity index is 599. The molecule has 5 heteroatoms. The summed E-state index contributed by atoms with van der Waals surface area (Å²) in [6.07, 6.45) is 3.30. The molecule has 0 aromatic heterocycles. The third-order valence-electron chi connectivity index (χ3n) is 5.08. The number of benzene rings is 1. The fourth-order valence-electron chi connectivity index (χ4n) is 3.92. The Labute approximate surface area is 136 Å². The number of piperidine rings is 1. The predicted octanol–water partition coefficient (Wildman–Crippen LogP) is 1.87. The van der Waals surface area contributed by atoms with Gasteiger partial charge < -0.3 is 14.9 Å². The molecule has 2 heterocycles. The third-order valence-corrected chi connectivity index (χ3v) is 5.08. The predicted molar refractivity (Wildman–Crippen MR) is 88.1 cm³/mol. The van der Waals surface area contributed by atoms with Crippen LogP contribution in [-0.2, 0) is 9.59 Å². The number of aliphatic hydroxyl groups is 1. The number of nitrogens with zero attached hydrogens (tertiary/aromatic N) is 2. The highest BCUT2D eigenvalue weighted by Gasteiger charge is 2.52. The first kappa shape index (κ1) is 16.0. The molecule has 2 saturated heterocycles. The number of likely N-dealkylation sites (tertiary alicyclic amines) is 1. The molecule has 1 aromatic carbocycles. The molecule has 23 heavy (non-hydrogen) atoms. The minimum Gasteiger partial charge on any atom is -0.396 e. The zero-order valence-corrected chi connectivity index (χ0v) is 13.6. The Kier molecular flexibility index (Phi) is 4.39. The van der Waals surface area contributed by atoms with Crippen LogP contribution in [0.3, 0.4) is 0 Å². The van der Waals surface area contributed by atoms with Crippen molar-refractivity contribution < 1.29 is 14.7 Å². The quantitative estimate of drug-likeness (QED) is 0.926. The molecule has 0 bridgehead atoms. The first-order valence-electron chi connectivity index (χ1n) is 8.38. The Balaban J connectivity index is 1.89. The van der Waals surface area contributed by atoms with Crippen LogP contribution in [0.4, 0.5) is 5.69 Å². The van der Waals surface area contributed by atoms with Crippen LogP contribution in [0.2, 0.25) is 0 Å². The number of hydrogen-bond donors (Lipinski definition) is 1. The van der Waals surface area contributed by atoms with Crippen molar-refractivity contribution in [1.29, 1.82) is 0 Å². The Hall–Kier alpha value is -1.88. The van der Waals surface area contributed by atoms with Gasteiger partial charge in [-0.2, -0.15) is 0 Å². The lowest BCUT2D eigenvalue weighted by Gasteiger charge is -2.44. The fourth-order valence-corrected chi connectivity index (χ4v) is 3.92. The number of carbonyl (C=O) groups excluding carboxylic acids is 2. The molecular weight excluding hydrogens is 292 g/mol. The van der Waals surface area contributed by atoms with E-state index in [2.05, 4.69) is 0 Å². The second kappa shape index (κ2) is 6.32. The molecule has 2 aliphatic rings. The van der Waals surface area contributed by atoms with Crippen molar-refractivity contribution in [3.05, 3.63) is 29.8 Å². The lowest BCUT2D eigenvalue weighted by atomic mass is 9.85. The highest BCUT2D eigenvalue weighted by Crippen LogP contribution is 2.40. The summed E-state index contributed by atoms with van der Waals surface area (Å²) in [4.78, 5) is 29.1. The van der Waals surface area contributed by atoms with Gasteiger partial charge >= 0.3 is 0 Å². The van der Waals surface area contributed by atoms with Crippen LogP contribution in [0, 0.1) is 6.92 Å². The smallest absolute Gasteiger partial charge is 0.252 e. The summed E-state index contributed by atoms with van der Waals surface area (Å²) in [6.45, 7) is 3.18. The van der Waals surface area contributed by atoms with E-state index in [-0.39, 0.29) is 24.8 Å². The van der Waals surface area contributed by atoms with Crippen molar-refractivity contribution in [3.63, 3.8) is 0 Å². The van der Waals surface area contributed by atoms with Gasteiger partial charge in [-0.1, -0.05) is 17.7 Å². The molecule has 0 aliphatic carbocycles. The summed E-state index contributed by atoms with van der Waals surface area (Å²) < 4.78 is 0. The normalized spacial score (nSPS) is 24.5. The van der Waals surface area contributed by atoms with Gasteiger partial charge in [-0.05, 0) is 44.7 Å². The molecular formula is C18H24N2O3. The van der Waals surface area contributed by atoms with E-state index in [1.165, 1.54) is 0 Å². The second-order valence-corrected chi connectivity index (χ2v) is 6.55. The highest BCUT2D eigenvalue weighted by molar-refractivity contribution is 6.03. The maximum absolute atomic E-state index is 13.2. The summed E-state index contributed by atoms with van der Waals surface area (Å²) in [5.41, 5.74) is 1.37. The van der Waals surface area contributed by atoms with Gasteiger partial charge in [0.25, 0.3) is 5.91 Å². The highest BCUT2D eigenvalue weighted by atomic mass is 16.3. The fraction of sp³-hybridized carbons (Fsp3) is 0.556. The number of carbonyl (C=O) groups is 2. The van der Waals surface area contributed by atoms with Crippen molar-refractivity contribution in [2.45, 2.75) is 44.6 Å². The number of amides is 2. The maximum atomic E-state index is 13.2. The summed E-state index contributed by atoms with van der Waals surface area (Å²) in [5.74, 6) is -0.0690. The van der Waals surface area contributed by atoms with Crippen LogP contribution in [0.5, 0.6) is 0 Å². The minimum atomic E-state index is -0.699. The number of anilines is 1. The number of aryl methyl sites for hydroxylation is 1. The molecule has 2 aliphatic heterocycles. The van der Waals surface area contributed by atoms with E-state index in [1.54, 1.807) is 4.90 Å². The summed E-state index contributed by atoms with van der Waals surface area (Å²) >= 11 is 0. The van der Waals surface area contributed by atoms with Crippen LogP contribution in [0.25, 0.3) is 0 Å². The molecule has 1 N–H and O–H groups in total. The molecule has 1 aromatic rings. The number of aliphatic hydroxyl groups excluding tert-OH is 1. The number of rotatable bonds is 3. The summed E-state index contributed by atoms with van der Waals surface area (Å²) in [5, 5.41) is 9.06. The summed E-state index contributed by atoms with van der Waals surface area (Å²) in [6, 6.07) is 7.96. The maximum Gasteiger partial charge on any atom is 0.252 e. The molecule has 2 fully saturated rings. The monoisotopic (exact) mass is 316 g/mol. The van der Waals surface area contributed by atoms with Gasteiger partial charge in [-0.3, -0.25) is 9.59 Å². The lowest BCUT2D eigenvalue weighted by Crippen LogP contribution is -2.61. The minimum absolute atomic E-state index is 0.0383. The Morgan fingerprint density at radius 3 is 2.48 bits per heavy atom. The van der Waals surface area contributed by atoms with Gasteiger partial charge in [-0.25, -0.2) is 0 Å². The van der Waals surface area contributed by atoms with Gasteiger partial charge in [0.1, 0.15) is 5.54 Å². The van der Waals surface area contributed by atoms with Gasteiger partial charge in [0.2, 0.25) is 5.91 Å². The van der Waals surface area contributed by atoms with Crippen molar-refractivity contribution >= 4 is 17.5 Å². The van der Waals surface area contributed by atoms with E-state index in [1.807, 2.05) is 36.1 Å². The van der Waals surface area contributed by atoms with Crippen molar-refractivity contribution in [2.24, 2.45) is 0 Å². The molecule has 1 spiro atoms. The molecule has 5 nitrogen and oxygen atoms in total. The molecule has 0 saturated carbocycles. The van der Waals surface area contributed by atoms with E-state index in [4.69, 9.17) is 5.11 Å². The van der Waals surface area contributed by atoms with E-state index in [9.17, 15) is 9.59 Å². The van der Waals surface area contributed by atoms with E-state index < -0.39 is 5.54 Å². The third kappa shape index (κ3) is 2.74. The van der Waals surface area contributed by atoms with Gasteiger partial charge in [0.15, 0.2) is 0 Å². The van der Waals surface area contributed by atoms with Gasteiger partial charge in [0, 0.05) is 25.2 Å². The van der Waals surface area contributed by atoms with E-state index in [0.717, 1.165) is 36.9 Å². The first-order chi connectivity index (χ1) is 11.1. The molecule has 0 radical (unpaired) electrons. The first-order valence-corrected chi connectivity index (χ1v) is 8.38. The Morgan fingerprint density at radius 1 is 1.17 bits per heavy atom. The average Bonchev–Trinajstić information content (AvgIpc) is 2.96. The molecule has 2 amide bonds. The molecule has 1 atom stereocenters. The van der Waals surface area contributed by atoms with E-state index in [0.29, 0.717) is 13.1 Å². The molecule has 124 valence electrons. The largest absolute Gasteiger partial charge is 0.396 e. The van der Waals surface area contributed by atoms with Crippen molar-refractivity contribution in [2.75, 3.05) is 24.6 Å². The van der Waals surface area contributed by atoms with Gasteiger partial charge in [-0.15, -0.1) is 0 Å². The van der Waals surface area contributed by atoms with Crippen LogP contribution in [-0.4, -0.2) is 47.1 Å². The van der Waals surface area contributed by atoms with Crippen molar-refractivity contribution in [3.8, 4) is 0 Å². The van der Waals surface area contributed by atoms with Crippen LogP contribution < -0.4 is 4.90 Å². The van der Waals surface area contributed by atoms with Gasteiger partial charge in [0.05, 0.1) is 6.61 Å². The van der Waals surface area contributed by atoms with Crippen LogP contribution >= 0.6 is 0 Å². The molecule has 1 unspecified atom stereocenters. The Morgan fingerprint density at radius 2 is 1.83 bits per heavy atom. The topological polar surface area (TPSA) is 60.9 Å². The standard InChI is InChI=1S/C18H24N2O3/c1-14-4-6-15(7-5-14)19-11-2-9-18(17(19)23)10-3-12-20(18)16(22)8-13-21/h4-7,21H,2-3,8-13H2,1H3. The summed E-state index contributed by atoms with van der Waals surface area (Å²) in [7, 11) is 0. The molecule has 3 rings (SSSR count). The van der Waals surface area contributed by atoms with Crippen molar-refractivity contribution in [1.82, 2.24) is 4.90 Å².